The topological polar surface area (TPSA) is 176 Å². The van der Waals surface area contributed by atoms with Crippen LogP contribution in [0.2, 0.25) is 0 Å². The number of phenols is 1. The Bertz CT molecular complexity index is 574. The Kier molecular flexibility index (Phi) is 7.02. The van der Waals surface area contributed by atoms with E-state index in [0.29, 0.717) is 5.75 Å². The minimum atomic E-state index is 0.0417. The van der Waals surface area contributed by atoms with Crippen molar-refractivity contribution in [2.75, 3.05) is 17.2 Å². The van der Waals surface area contributed by atoms with E-state index >= 15 is 0 Å². The fourth-order valence-corrected chi connectivity index (χ4v) is 1.06. The van der Waals surface area contributed by atoms with Crippen molar-refractivity contribution in [1.82, 2.24) is 30.4 Å². The first-order valence-electron chi connectivity index (χ1n) is 5.93. The van der Waals surface area contributed by atoms with Crippen LogP contribution in [-0.2, 0) is 0 Å². The van der Waals surface area contributed by atoms with Crippen LogP contribution < -0.4 is 17.2 Å². The molecule has 10 nitrogen and oxygen atoms in total. The Morgan fingerprint density at radius 2 is 1.14 bits per heavy atom. The third kappa shape index (κ3) is 7.78. The van der Waals surface area contributed by atoms with Crippen LogP contribution in [0, 0.1) is 0 Å². The quantitative estimate of drug-likeness (QED) is 0.437. The molecule has 22 heavy (non-hydrogen) atoms. The van der Waals surface area contributed by atoms with Crippen molar-refractivity contribution in [3.8, 4) is 5.75 Å². The van der Waals surface area contributed by atoms with E-state index < -0.39 is 0 Å². The van der Waals surface area contributed by atoms with Crippen molar-refractivity contribution in [3.63, 3.8) is 0 Å². The van der Waals surface area contributed by atoms with Gasteiger partial charge in [-0.15, -0.1) is 10.2 Å². The highest BCUT2D eigenvalue weighted by atomic mass is 16.3. The van der Waals surface area contributed by atoms with Gasteiger partial charge in [-0.1, -0.05) is 18.2 Å². The maximum absolute atomic E-state index is 8.63. The molecule has 0 radical (unpaired) electrons. The van der Waals surface area contributed by atoms with Crippen LogP contribution in [0.3, 0.4) is 0 Å². The number of hydrogen-bond acceptors (Lipinski definition) is 10. The van der Waals surface area contributed by atoms with Crippen LogP contribution in [0.5, 0.6) is 5.75 Å². The van der Waals surface area contributed by atoms with Gasteiger partial charge in [-0.3, -0.25) is 0 Å². The van der Waals surface area contributed by atoms with E-state index in [9.17, 15) is 0 Å². The molecule has 3 rings (SSSR count). The van der Waals surface area contributed by atoms with Gasteiger partial charge in [0.15, 0.2) is 0 Å². The minimum Gasteiger partial charge on any atom is -0.508 e. The van der Waals surface area contributed by atoms with Crippen LogP contribution in [-0.4, -0.2) is 35.5 Å². The summed E-state index contributed by atoms with van der Waals surface area (Å²) >= 11 is 0. The molecule has 0 atom stereocenters. The Labute approximate surface area is 126 Å². The molecule has 0 amide bonds. The zero-order chi connectivity index (χ0) is 16.2. The molecule has 2 aromatic heterocycles. The molecule has 0 spiro atoms. The summed E-state index contributed by atoms with van der Waals surface area (Å²) in [6, 6.07) is 10.4. The molecule has 114 valence electrons. The van der Waals surface area contributed by atoms with Crippen molar-refractivity contribution < 1.29 is 5.11 Å². The summed E-state index contributed by atoms with van der Waals surface area (Å²) in [5.74, 6) is 0.447. The second kappa shape index (κ2) is 9.36. The third-order valence-corrected chi connectivity index (χ3v) is 1.85. The van der Waals surface area contributed by atoms with E-state index in [1.165, 1.54) is 0 Å². The highest BCUT2D eigenvalue weighted by Gasteiger charge is 1.93. The molecule has 0 aliphatic carbocycles. The van der Waals surface area contributed by atoms with Gasteiger partial charge in [-0.05, 0) is 23.4 Å². The summed E-state index contributed by atoms with van der Waals surface area (Å²) in [5, 5.41) is 18.8. The summed E-state index contributed by atoms with van der Waals surface area (Å²) in [5.41, 5.74) is 15.4. The smallest absolute Gasteiger partial charge is 0.226 e. The summed E-state index contributed by atoms with van der Waals surface area (Å²) in [6.45, 7) is 0. The number of hydrogen-bond donors (Lipinski definition) is 4. The summed E-state index contributed by atoms with van der Waals surface area (Å²) in [7, 11) is 0. The molecule has 0 bridgehead atoms. The molecule has 3 aromatic rings. The number of rotatable bonds is 0. The normalized spacial score (nSPS) is 8.73. The number of nitrogens with two attached hydrogens (primary N) is 3. The average Bonchev–Trinajstić information content (AvgIpc) is 2.49. The Hall–Kier alpha value is -3.56. The standard InChI is InChI=1S/C6H6O.C3H6N6.C3H3N3/c7-6-4-2-1-3-5-6;4-1-7-2(5)9-3(6)8-1;1-2-4-6-5-3-1/h1-5,7H;(H6,4,5,6,7,8,9);1-3H. The van der Waals surface area contributed by atoms with Gasteiger partial charge in [0.25, 0.3) is 0 Å². The van der Waals surface area contributed by atoms with Crippen molar-refractivity contribution in [2.24, 2.45) is 0 Å². The second-order valence-corrected chi connectivity index (χ2v) is 3.56. The van der Waals surface area contributed by atoms with E-state index in [-0.39, 0.29) is 17.8 Å². The van der Waals surface area contributed by atoms with Crippen LogP contribution >= 0.6 is 0 Å². The van der Waals surface area contributed by atoms with Crippen LogP contribution in [0.4, 0.5) is 17.8 Å². The van der Waals surface area contributed by atoms with Gasteiger partial charge in [0.1, 0.15) is 5.75 Å². The maximum Gasteiger partial charge on any atom is 0.226 e. The molecular formula is C12H15N9O. The van der Waals surface area contributed by atoms with E-state index in [2.05, 4.69) is 30.4 Å². The Balaban J connectivity index is 0.000000169. The highest BCUT2D eigenvalue weighted by Crippen LogP contribution is 2.02. The zero-order valence-electron chi connectivity index (χ0n) is 11.5. The number of nitrogen functional groups attached to an aromatic ring is 3. The number of para-hydroxylation sites is 1. The van der Waals surface area contributed by atoms with Crippen molar-refractivity contribution in [2.45, 2.75) is 0 Å². The van der Waals surface area contributed by atoms with Gasteiger partial charge in [-0.25, -0.2) is 0 Å². The number of nitrogens with zero attached hydrogens (tertiary/aromatic N) is 6. The lowest BCUT2D eigenvalue weighted by atomic mass is 10.3. The Morgan fingerprint density at radius 3 is 1.36 bits per heavy atom. The third-order valence-electron chi connectivity index (χ3n) is 1.85. The molecule has 1 aromatic carbocycles. The van der Waals surface area contributed by atoms with E-state index in [4.69, 9.17) is 22.3 Å². The van der Waals surface area contributed by atoms with Crippen molar-refractivity contribution in [3.05, 3.63) is 48.8 Å². The van der Waals surface area contributed by atoms with Gasteiger partial charge in [-0.2, -0.15) is 15.0 Å². The maximum atomic E-state index is 8.63. The van der Waals surface area contributed by atoms with Crippen LogP contribution in [0.25, 0.3) is 0 Å². The average molecular weight is 301 g/mol. The van der Waals surface area contributed by atoms with Crippen molar-refractivity contribution in [1.29, 1.82) is 0 Å². The van der Waals surface area contributed by atoms with Gasteiger partial charge < -0.3 is 22.3 Å². The summed E-state index contributed by atoms with van der Waals surface area (Å²) in [6.07, 6.45) is 3.15. The van der Waals surface area contributed by atoms with Gasteiger partial charge in [0, 0.05) is 0 Å². The molecule has 0 saturated heterocycles. The van der Waals surface area contributed by atoms with Crippen LogP contribution in [0.1, 0.15) is 0 Å². The SMILES string of the molecule is Nc1nc(N)nc(N)n1.Oc1ccccc1.c1cnnnc1. The van der Waals surface area contributed by atoms with Gasteiger partial charge in [0.2, 0.25) is 17.8 Å². The molecule has 0 aliphatic rings. The second-order valence-electron chi connectivity index (χ2n) is 3.56. The predicted octanol–water partition coefficient (Wildman–Crippen LogP) is -0.118. The minimum absolute atomic E-state index is 0.0417. The number of aromatic hydroxyl groups is 1. The first-order chi connectivity index (χ1) is 10.6. The summed E-state index contributed by atoms with van der Waals surface area (Å²) < 4.78 is 0. The van der Waals surface area contributed by atoms with Crippen molar-refractivity contribution >= 4 is 17.8 Å². The fraction of sp³-hybridized carbons (Fsp3) is 0. The molecule has 7 N–H and O–H groups in total. The fourth-order valence-electron chi connectivity index (χ4n) is 1.06. The van der Waals surface area contributed by atoms with E-state index in [0.717, 1.165) is 0 Å². The highest BCUT2D eigenvalue weighted by molar-refractivity contribution is 5.33. The number of aromatic nitrogens is 6. The first-order valence-corrected chi connectivity index (χ1v) is 5.93. The lowest BCUT2D eigenvalue weighted by molar-refractivity contribution is 0.475. The molecule has 10 heteroatoms. The Morgan fingerprint density at radius 1 is 0.682 bits per heavy atom. The molecule has 0 aliphatic heterocycles. The van der Waals surface area contributed by atoms with Crippen LogP contribution in [0.15, 0.2) is 48.8 Å². The molecule has 0 fully saturated rings. The number of phenolic OH excluding ortho intramolecular Hbond substituents is 1. The molecule has 0 saturated carbocycles. The lowest BCUT2D eigenvalue weighted by Crippen LogP contribution is -2.05. The van der Waals surface area contributed by atoms with Gasteiger partial charge in [0.05, 0.1) is 12.4 Å². The first kappa shape index (κ1) is 16.5. The molecule has 2 heterocycles. The predicted molar refractivity (Wildman–Crippen MR) is 81.0 cm³/mol. The zero-order valence-corrected chi connectivity index (χ0v) is 11.5. The molecular weight excluding hydrogens is 286 g/mol. The number of benzene rings is 1. The van der Waals surface area contributed by atoms with E-state index in [1.807, 2.05) is 6.07 Å². The molecule has 0 unspecified atom stereocenters. The lowest BCUT2D eigenvalue weighted by Gasteiger charge is -1.93. The number of anilines is 3. The largest absolute Gasteiger partial charge is 0.508 e. The van der Waals surface area contributed by atoms with Gasteiger partial charge >= 0.3 is 0 Å². The summed E-state index contributed by atoms with van der Waals surface area (Å²) in [4.78, 5) is 10.5. The van der Waals surface area contributed by atoms with E-state index in [1.54, 1.807) is 42.7 Å². The monoisotopic (exact) mass is 301 g/mol.